The summed E-state index contributed by atoms with van der Waals surface area (Å²) in [7, 11) is 0. The fourth-order valence-corrected chi connectivity index (χ4v) is 13.7. The molecule has 0 saturated carbocycles. The molecule has 16 rings (SSSR count). The molecule has 16 aromatic carbocycles. The largest absolute Gasteiger partial charge is 0.310 e. The lowest BCUT2D eigenvalue weighted by Crippen LogP contribution is -2.13. The van der Waals surface area contributed by atoms with Crippen molar-refractivity contribution in [2.75, 3.05) is 9.80 Å². The number of nitrogens with zero attached hydrogens (tertiary/aromatic N) is 2. The van der Waals surface area contributed by atoms with Crippen LogP contribution in [0.2, 0.25) is 0 Å². The van der Waals surface area contributed by atoms with E-state index in [2.05, 4.69) is 374 Å². The molecule has 0 aliphatic carbocycles. The van der Waals surface area contributed by atoms with E-state index in [1.807, 2.05) is 0 Å². The molecule has 0 radical (unpaired) electrons. The predicted octanol–water partition coefficient (Wildman–Crippen LogP) is 24.9. The third-order valence-corrected chi connectivity index (χ3v) is 17.8. The van der Waals surface area contributed by atoms with Crippen LogP contribution in [0.1, 0.15) is 0 Å². The zero-order valence-electron chi connectivity index (χ0n) is 49.5. The van der Waals surface area contributed by atoms with Crippen LogP contribution < -0.4 is 9.80 Å². The molecule has 0 fully saturated rings. The Morgan fingerprint density at radius 2 is 0.322 bits per heavy atom. The van der Waals surface area contributed by atoms with Gasteiger partial charge in [-0.3, -0.25) is 0 Å². The zero-order valence-corrected chi connectivity index (χ0v) is 49.5. The van der Waals surface area contributed by atoms with Crippen LogP contribution >= 0.6 is 0 Å². The van der Waals surface area contributed by atoms with Crippen molar-refractivity contribution < 1.29 is 0 Å². The molecular formula is C88H60N2. The van der Waals surface area contributed by atoms with E-state index in [9.17, 15) is 0 Å². The lowest BCUT2D eigenvalue weighted by Gasteiger charge is -2.30. The van der Waals surface area contributed by atoms with Crippen LogP contribution in [-0.2, 0) is 0 Å². The number of rotatable bonds is 13. The van der Waals surface area contributed by atoms with Crippen molar-refractivity contribution in [3.05, 3.63) is 364 Å². The first-order chi connectivity index (χ1) is 44.7. The summed E-state index contributed by atoms with van der Waals surface area (Å²) in [5, 5.41) is 9.77. The fourth-order valence-electron chi connectivity index (χ4n) is 13.7. The van der Waals surface area contributed by atoms with Crippen molar-refractivity contribution in [3.63, 3.8) is 0 Å². The van der Waals surface area contributed by atoms with Gasteiger partial charge in [0.2, 0.25) is 0 Å². The van der Waals surface area contributed by atoms with Crippen molar-refractivity contribution in [1.82, 2.24) is 0 Å². The Labute approximate surface area is 525 Å². The van der Waals surface area contributed by atoms with Gasteiger partial charge in [0.15, 0.2) is 0 Å². The van der Waals surface area contributed by atoms with Crippen LogP contribution in [0.5, 0.6) is 0 Å². The van der Waals surface area contributed by atoms with Crippen LogP contribution in [0.3, 0.4) is 0 Å². The van der Waals surface area contributed by atoms with Gasteiger partial charge < -0.3 is 9.80 Å². The molecule has 0 N–H and O–H groups in total. The van der Waals surface area contributed by atoms with Gasteiger partial charge in [-0.1, -0.05) is 279 Å². The first-order valence-corrected chi connectivity index (χ1v) is 31.0. The normalized spacial score (nSPS) is 11.3. The van der Waals surface area contributed by atoms with E-state index in [4.69, 9.17) is 0 Å². The van der Waals surface area contributed by atoms with Gasteiger partial charge in [-0.25, -0.2) is 0 Å². The topological polar surface area (TPSA) is 6.48 Å². The summed E-state index contributed by atoms with van der Waals surface area (Å²) in [4.78, 5) is 4.72. The molecule has 0 amide bonds. The Morgan fingerprint density at radius 1 is 0.122 bits per heavy atom. The molecule has 422 valence electrons. The van der Waals surface area contributed by atoms with Crippen LogP contribution in [0, 0.1) is 0 Å². The minimum atomic E-state index is 1.05. The zero-order chi connectivity index (χ0) is 59.7. The fraction of sp³-hybridized carbons (Fsp3) is 0. The van der Waals surface area contributed by atoms with E-state index in [1.54, 1.807) is 0 Å². The number of fused-ring (bicyclic) bond motifs is 4. The third kappa shape index (κ3) is 9.93. The molecule has 2 heteroatoms. The molecule has 2 nitrogen and oxygen atoms in total. The first kappa shape index (κ1) is 53.6. The highest BCUT2D eigenvalue weighted by Gasteiger charge is 2.24. The van der Waals surface area contributed by atoms with Gasteiger partial charge >= 0.3 is 0 Å². The Hall–Kier alpha value is -11.8. The van der Waals surface area contributed by atoms with Gasteiger partial charge in [-0.15, -0.1) is 0 Å². The van der Waals surface area contributed by atoms with Gasteiger partial charge in [0, 0.05) is 34.1 Å². The highest BCUT2D eigenvalue weighted by molar-refractivity contribution is 6.30. The SMILES string of the molecule is c1ccc(-c2cc(-c3ccccc3)cc(-c3ccc(-c4c5ccccc5c(-c5c6ccccc6c(-c6ccc(-c7cc(N(c8ccccc8)c8ccccc8)cc(N(c8ccccc8)c8ccccc8)c7)cc6)c6ccccc56)c5ccccc45)cc3)c2)cc1. The summed E-state index contributed by atoms with van der Waals surface area (Å²) in [6.45, 7) is 0. The average molecular weight is 1150 g/mol. The number of anilines is 6. The molecular weight excluding hydrogens is 1080 g/mol. The summed E-state index contributed by atoms with van der Waals surface area (Å²) in [5.74, 6) is 0. The number of hydrogen-bond donors (Lipinski definition) is 0. The second-order valence-electron chi connectivity index (χ2n) is 23.1. The van der Waals surface area contributed by atoms with Crippen molar-refractivity contribution in [1.29, 1.82) is 0 Å². The summed E-state index contributed by atoms with van der Waals surface area (Å²) < 4.78 is 0. The second kappa shape index (κ2) is 23.4. The van der Waals surface area contributed by atoms with E-state index in [-0.39, 0.29) is 0 Å². The van der Waals surface area contributed by atoms with Crippen LogP contribution in [-0.4, -0.2) is 0 Å². The molecule has 0 aromatic heterocycles. The lowest BCUT2D eigenvalue weighted by molar-refractivity contribution is 1.25. The monoisotopic (exact) mass is 1140 g/mol. The Morgan fingerprint density at radius 3 is 0.589 bits per heavy atom. The minimum absolute atomic E-state index is 1.05. The van der Waals surface area contributed by atoms with Gasteiger partial charge in [0.25, 0.3) is 0 Å². The van der Waals surface area contributed by atoms with E-state index < -0.39 is 0 Å². The molecule has 90 heavy (non-hydrogen) atoms. The van der Waals surface area contributed by atoms with E-state index >= 15 is 0 Å². The van der Waals surface area contributed by atoms with Crippen LogP contribution in [0.4, 0.5) is 34.1 Å². The molecule has 0 aliphatic rings. The smallest absolute Gasteiger partial charge is 0.0488 e. The number of benzene rings is 16. The second-order valence-corrected chi connectivity index (χ2v) is 23.1. The molecule has 16 aromatic rings. The van der Waals surface area contributed by atoms with Gasteiger partial charge in [-0.05, 0) is 206 Å². The van der Waals surface area contributed by atoms with Crippen LogP contribution in [0.25, 0.3) is 121 Å². The van der Waals surface area contributed by atoms with E-state index in [0.717, 1.165) is 50.8 Å². The summed E-state index contributed by atoms with van der Waals surface area (Å²) in [6.07, 6.45) is 0. The molecule has 0 saturated heterocycles. The average Bonchev–Trinajstić information content (AvgIpc) is 0.747. The molecule has 0 spiro atoms. The maximum absolute atomic E-state index is 2.36. The van der Waals surface area contributed by atoms with Crippen molar-refractivity contribution in [2.24, 2.45) is 0 Å². The molecule has 0 aliphatic heterocycles. The third-order valence-electron chi connectivity index (χ3n) is 17.8. The van der Waals surface area contributed by atoms with Gasteiger partial charge in [-0.2, -0.15) is 0 Å². The lowest BCUT2D eigenvalue weighted by atomic mass is 9.81. The van der Waals surface area contributed by atoms with Crippen molar-refractivity contribution >= 4 is 77.2 Å². The molecule has 0 bridgehead atoms. The van der Waals surface area contributed by atoms with E-state index in [0.29, 0.717) is 0 Å². The molecule has 0 unspecified atom stereocenters. The maximum Gasteiger partial charge on any atom is 0.0488 e. The Kier molecular flexibility index (Phi) is 14.0. The maximum atomic E-state index is 2.36. The molecule has 0 heterocycles. The first-order valence-electron chi connectivity index (χ1n) is 31.0. The quantitative estimate of drug-likeness (QED) is 0.106. The number of para-hydroxylation sites is 4. The predicted molar refractivity (Wildman–Crippen MR) is 384 cm³/mol. The van der Waals surface area contributed by atoms with Gasteiger partial charge in [0.05, 0.1) is 0 Å². The van der Waals surface area contributed by atoms with E-state index in [1.165, 1.54) is 104 Å². The molecule has 0 atom stereocenters. The highest BCUT2D eigenvalue weighted by Crippen LogP contribution is 2.51. The van der Waals surface area contributed by atoms with Crippen molar-refractivity contribution in [3.8, 4) is 77.9 Å². The summed E-state index contributed by atoms with van der Waals surface area (Å²) in [5.41, 5.74) is 23.1. The summed E-state index contributed by atoms with van der Waals surface area (Å²) >= 11 is 0. The minimum Gasteiger partial charge on any atom is -0.310 e. The van der Waals surface area contributed by atoms with Crippen molar-refractivity contribution in [2.45, 2.75) is 0 Å². The van der Waals surface area contributed by atoms with Crippen LogP contribution in [0.15, 0.2) is 364 Å². The highest BCUT2D eigenvalue weighted by atomic mass is 15.2. The Bertz CT molecular complexity index is 4890. The standard InChI is InChI=1S/C88H60N2/c1-7-27-61(28-8-1)67-55-68(62-29-9-2-10-30-62)57-69(56-67)63-47-51-65(52-48-63)85-77-39-19-23-43-81(77)87(82-44-24-20-40-78(82)85)88-83-45-25-21-41-79(83)86(80-42-22-26-46-84(80)88)66-53-49-64(50-54-66)70-58-75(89(71-31-11-3-12-32-71)72-33-13-4-14-34-72)60-76(59-70)90(73-35-15-5-16-36-73)74-37-17-6-18-38-74/h1-60H. The number of hydrogen-bond acceptors (Lipinski definition) is 2. The Balaban J connectivity index is 0.833. The van der Waals surface area contributed by atoms with Gasteiger partial charge in [0.1, 0.15) is 0 Å². The summed E-state index contributed by atoms with van der Waals surface area (Å²) in [6, 6.07) is 133.